The summed E-state index contributed by atoms with van der Waals surface area (Å²) in [5, 5.41) is 3.04. The number of aromatic nitrogens is 2. The van der Waals surface area contributed by atoms with E-state index in [1.807, 2.05) is 25.1 Å². The van der Waals surface area contributed by atoms with E-state index in [1.165, 1.54) is 19.3 Å². The highest BCUT2D eigenvalue weighted by Crippen LogP contribution is 2.41. The van der Waals surface area contributed by atoms with Crippen LogP contribution in [0.4, 0.5) is 5.69 Å². The van der Waals surface area contributed by atoms with Crippen LogP contribution in [-0.4, -0.2) is 53.6 Å². The average molecular weight is 437 g/mol. The highest BCUT2D eigenvalue weighted by Gasteiger charge is 2.40. The molecule has 170 valence electrons. The van der Waals surface area contributed by atoms with Crippen molar-refractivity contribution in [2.75, 3.05) is 38.2 Å². The maximum absolute atomic E-state index is 12.8. The van der Waals surface area contributed by atoms with Crippen molar-refractivity contribution in [1.29, 1.82) is 0 Å². The summed E-state index contributed by atoms with van der Waals surface area (Å²) < 4.78 is 11.4. The number of anilines is 1. The lowest BCUT2D eigenvalue weighted by Gasteiger charge is -2.33. The fourth-order valence-electron chi connectivity index (χ4n) is 5.60. The van der Waals surface area contributed by atoms with Gasteiger partial charge < -0.3 is 14.8 Å². The number of rotatable bonds is 5. The molecular weight excluding hydrogens is 404 g/mol. The van der Waals surface area contributed by atoms with Crippen molar-refractivity contribution in [3.8, 4) is 11.5 Å². The van der Waals surface area contributed by atoms with Crippen LogP contribution < -0.4 is 14.8 Å². The number of carbonyl (C=O) groups is 1. The molecule has 7 heteroatoms. The molecule has 1 amide bonds. The lowest BCUT2D eigenvalue weighted by molar-refractivity contribution is -0.117. The molecule has 5 rings (SSSR count). The molecule has 0 unspecified atom stereocenters. The zero-order valence-corrected chi connectivity index (χ0v) is 18.8. The monoisotopic (exact) mass is 436 g/mol. The smallest absolute Gasteiger partial charge is 0.238 e. The zero-order chi connectivity index (χ0) is 21.9. The Labute approximate surface area is 189 Å². The third-order valence-electron chi connectivity index (χ3n) is 7.05. The topological polar surface area (TPSA) is 76.6 Å². The van der Waals surface area contributed by atoms with Crippen LogP contribution in [0.25, 0.3) is 0 Å². The van der Waals surface area contributed by atoms with Crippen LogP contribution in [0, 0.1) is 24.7 Å². The van der Waals surface area contributed by atoms with Crippen LogP contribution in [0.1, 0.15) is 37.1 Å². The van der Waals surface area contributed by atoms with E-state index in [1.54, 1.807) is 6.33 Å². The van der Waals surface area contributed by atoms with Crippen LogP contribution >= 0.6 is 0 Å². The SMILES string of the molecule is Cc1cc(C[C@H]2CCC[C@@H]3CN(CC(=O)Nc4ccc5c(c4)OCCCO5)C[C@H]23)ncn1. The second-order valence-corrected chi connectivity index (χ2v) is 9.42. The fourth-order valence-corrected chi connectivity index (χ4v) is 5.60. The number of nitrogens with zero attached hydrogens (tertiary/aromatic N) is 3. The summed E-state index contributed by atoms with van der Waals surface area (Å²) in [7, 11) is 0. The summed E-state index contributed by atoms with van der Waals surface area (Å²) in [5.74, 6) is 3.44. The predicted molar refractivity (Wildman–Crippen MR) is 122 cm³/mol. The molecule has 1 N–H and O–H groups in total. The highest BCUT2D eigenvalue weighted by atomic mass is 16.5. The first-order chi connectivity index (χ1) is 15.6. The zero-order valence-electron chi connectivity index (χ0n) is 18.8. The molecule has 1 aromatic carbocycles. The van der Waals surface area contributed by atoms with Gasteiger partial charge in [-0.25, -0.2) is 9.97 Å². The maximum Gasteiger partial charge on any atom is 0.238 e. The van der Waals surface area contributed by atoms with Crippen LogP contribution in [0.3, 0.4) is 0 Å². The molecule has 0 bridgehead atoms. The summed E-state index contributed by atoms with van der Waals surface area (Å²) in [6, 6.07) is 7.73. The van der Waals surface area contributed by atoms with Gasteiger partial charge in [-0.2, -0.15) is 0 Å². The standard InChI is InChI=1S/C25H32N4O3/c1-17-10-21(27-16-26-17)11-18-4-2-5-19-13-29(14-22(18)19)15-25(30)28-20-6-7-23-24(12-20)32-9-3-8-31-23/h6-7,10,12,16,18-19,22H,2-5,8-9,11,13-15H2,1H3,(H,28,30)/t18-,19-,22-/m1/s1. The Hall–Kier alpha value is -2.67. The number of benzene rings is 1. The predicted octanol–water partition coefficient (Wildman–Crippen LogP) is 3.48. The van der Waals surface area contributed by atoms with Crippen molar-refractivity contribution in [2.24, 2.45) is 17.8 Å². The van der Waals surface area contributed by atoms with Gasteiger partial charge in [-0.3, -0.25) is 9.69 Å². The molecule has 3 heterocycles. The normalized spacial score (nSPS) is 25.1. The van der Waals surface area contributed by atoms with Gasteiger partial charge in [0, 0.05) is 42.7 Å². The van der Waals surface area contributed by atoms with Crippen molar-refractivity contribution in [2.45, 2.75) is 39.0 Å². The number of nitrogens with one attached hydrogen (secondary N) is 1. The molecule has 32 heavy (non-hydrogen) atoms. The van der Waals surface area contributed by atoms with Crippen molar-refractivity contribution in [1.82, 2.24) is 14.9 Å². The van der Waals surface area contributed by atoms with Crippen LogP contribution in [0.2, 0.25) is 0 Å². The Bertz CT molecular complexity index is 966. The molecule has 1 aromatic heterocycles. The van der Waals surface area contributed by atoms with Crippen molar-refractivity contribution >= 4 is 11.6 Å². The first kappa shape index (κ1) is 21.2. The van der Waals surface area contributed by atoms with E-state index in [2.05, 4.69) is 26.3 Å². The molecular formula is C25H32N4O3. The molecule has 0 radical (unpaired) electrons. The molecule has 1 aliphatic carbocycles. The number of hydrogen-bond donors (Lipinski definition) is 1. The maximum atomic E-state index is 12.8. The number of carbonyl (C=O) groups excluding carboxylic acids is 1. The molecule has 2 fully saturated rings. The summed E-state index contributed by atoms with van der Waals surface area (Å²) in [6.45, 7) is 5.76. The third-order valence-corrected chi connectivity index (χ3v) is 7.05. The molecule has 3 atom stereocenters. The number of fused-ring (bicyclic) bond motifs is 2. The third kappa shape index (κ3) is 4.88. The minimum atomic E-state index is 0.0288. The Kier molecular flexibility index (Phi) is 6.26. The van der Waals surface area contributed by atoms with E-state index in [9.17, 15) is 4.79 Å². The van der Waals surface area contributed by atoms with E-state index in [0.29, 0.717) is 43.3 Å². The number of amides is 1. The Morgan fingerprint density at radius 1 is 1.09 bits per heavy atom. The van der Waals surface area contributed by atoms with E-state index in [-0.39, 0.29) is 5.91 Å². The van der Waals surface area contributed by atoms with Gasteiger partial charge in [0.2, 0.25) is 5.91 Å². The van der Waals surface area contributed by atoms with Crippen molar-refractivity contribution in [3.05, 3.63) is 42.0 Å². The summed E-state index contributed by atoms with van der Waals surface area (Å²) in [5.41, 5.74) is 2.93. The lowest BCUT2D eigenvalue weighted by Crippen LogP contribution is -2.32. The minimum absolute atomic E-state index is 0.0288. The highest BCUT2D eigenvalue weighted by molar-refractivity contribution is 5.92. The van der Waals surface area contributed by atoms with Crippen LogP contribution in [0.5, 0.6) is 11.5 Å². The minimum Gasteiger partial charge on any atom is -0.490 e. The molecule has 2 aromatic rings. The molecule has 1 saturated heterocycles. The molecule has 0 spiro atoms. The Morgan fingerprint density at radius 3 is 2.84 bits per heavy atom. The fraction of sp³-hybridized carbons (Fsp3) is 0.560. The molecule has 3 aliphatic rings. The molecule has 1 saturated carbocycles. The Balaban J connectivity index is 1.18. The first-order valence-corrected chi connectivity index (χ1v) is 11.8. The van der Waals surface area contributed by atoms with Gasteiger partial charge in [0.1, 0.15) is 6.33 Å². The number of aryl methyl sites for hydroxylation is 1. The van der Waals surface area contributed by atoms with Gasteiger partial charge in [0.15, 0.2) is 11.5 Å². The summed E-state index contributed by atoms with van der Waals surface area (Å²) >= 11 is 0. The number of ether oxygens (including phenoxy) is 2. The second-order valence-electron chi connectivity index (χ2n) is 9.42. The van der Waals surface area contributed by atoms with Crippen molar-refractivity contribution < 1.29 is 14.3 Å². The van der Waals surface area contributed by atoms with E-state index in [0.717, 1.165) is 48.8 Å². The summed E-state index contributed by atoms with van der Waals surface area (Å²) in [4.78, 5) is 23.8. The van der Waals surface area contributed by atoms with E-state index in [4.69, 9.17) is 9.47 Å². The van der Waals surface area contributed by atoms with Gasteiger partial charge in [0.05, 0.1) is 19.8 Å². The van der Waals surface area contributed by atoms with Gasteiger partial charge >= 0.3 is 0 Å². The van der Waals surface area contributed by atoms with Gasteiger partial charge in [-0.15, -0.1) is 0 Å². The lowest BCUT2D eigenvalue weighted by atomic mass is 9.72. The van der Waals surface area contributed by atoms with Gasteiger partial charge in [-0.05, 0) is 62.1 Å². The second kappa shape index (κ2) is 9.45. The first-order valence-electron chi connectivity index (χ1n) is 11.8. The van der Waals surface area contributed by atoms with E-state index < -0.39 is 0 Å². The largest absolute Gasteiger partial charge is 0.490 e. The van der Waals surface area contributed by atoms with Crippen LogP contribution in [0.15, 0.2) is 30.6 Å². The van der Waals surface area contributed by atoms with Crippen LogP contribution in [-0.2, 0) is 11.2 Å². The number of hydrogen-bond acceptors (Lipinski definition) is 6. The van der Waals surface area contributed by atoms with Gasteiger partial charge in [-0.1, -0.05) is 6.42 Å². The quantitative estimate of drug-likeness (QED) is 0.773. The van der Waals surface area contributed by atoms with Gasteiger partial charge in [0.25, 0.3) is 0 Å². The van der Waals surface area contributed by atoms with Crippen molar-refractivity contribution in [3.63, 3.8) is 0 Å². The number of likely N-dealkylation sites (tertiary alicyclic amines) is 1. The average Bonchev–Trinajstić information content (AvgIpc) is 3.03. The molecule has 7 nitrogen and oxygen atoms in total. The summed E-state index contributed by atoms with van der Waals surface area (Å²) in [6.07, 6.45) is 7.35. The Morgan fingerprint density at radius 2 is 1.97 bits per heavy atom. The van der Waals surface area contributed by atoms with E-state index >= 15 is 0 Å². The molecule has 2 aliphatic heterocycles.